The van der Waals surface area contributed by atoms with E-state index in [-0.39, 0.29) is 11.6 Å². The topological polar surface area (TPSA) is 83.7 Å². The van der Waals surface area contributed by atoms with E-state index >= 15 is 0 Å². The first kappa shape index (κ1) is 13.8. The van der Waals surface area contributed by atoms with Gasteiger partial charge in [0.15, 0.2) is 0 Å². The number of carbonyl (C=O) groups is 1. The van der Waals surface area contributed by atoms with E-state index in [1.54, 1.807) is 23.1 Å². The van der Waals surface area contributed by atoms with Crippen LogP contribution >= 0.6 is 0 Å². The molecule has 2 aliphatic rings. The summed E-state index contributed by atoms with van der Waals surface area (Å²) in [7, 11) is 0. The van der Waals surface area contributed by atoms with Gasteiger partial charge in [-0.1, -0.05) is 12.1 Å². The Morgan fingerprint density at radius 1 is 1.38 bits per heavy atom. The van der Waals surface area contributed by atoms with Crippen LogP contribution < -0.4 is 0 Å². The third-order valence-corrected chi connectivity index (χ3v) is 4.12. The van der Waals surface area contributed by atoms with Gasteiger partial charge in [-0.15, -0.1) is 0 Å². The summed E-state index contributed by atoms with van der Waals surface area (Å²) in [6, 6.07) is 6.27. The fraction of sp³-hybridized carbons (Fsp3) is 0.400. The lowest BCUT2D eigenvalue weighted by Gasteiger charge is -2.46. The van der Waals surface area contributed by atoms with Crippen molar-refractivity contribution < 1.29 is 14.8 Å². The molecule has 0 atom stereocenters. The zero-order valence-corrected chi connectivity index (χ0v) is 11.4. The van der Waals surface area contributed by atoms with Crippen molar-refractivity contribution in [1.82, 2.24) is 4.90 Å². The van der Waals surface area contributed by atoms with Crippen molar-refractivity contribution in [3.63, 3.8) is 0 Å². The predicted octanol–water partition coefficient (Wildman–Crippen LogP) is 1.59. The Kier molecular flexibility index (Phi) is 3.25. The van der Waals surface area contributed by atoms with Crippen molar-refractivity contribution in [1.29, 1.82) is 0 Å². The van der Waals surface area contributed by atoms with Gasteiger partial charge in [0.1, 0.15) is 5.60 Å². The summed E-state index contributed by atoms with van der Waals surface area (Å²) >= 11 is 0. The monoisotopic (exact) mass is 288 g/mol. The number of nitrogens with zero attached hydrogens (tertiary/aromatic N) is 2. The van der Waals surface area contributed by atoms with E-state index in [0.717, 1.165) is 12.8 Å². The molecule has 21 heavy (non-hydrogen) atoms. The maximum absolute atomic E-state index is 12.0. The molecule has 1 saturated heterocycles. The zero-order chi connectivity index (χ0) is 15.0. The van der Waals surface area contributed by atoms with Crippen LogP contribution in [0.3, 0.4) is 0 Å². The van der Waals surface area contributed by atoms with Crippen molar-refractivity contribution in [2.45, 2.75) is 18.4 Å². The third-order valence-electron chi connectivity index (χ3n) is 4.12. The van der Waals surface area contributed by atoms with Gasteiger partial charge in [-0.05, 0) is 30.9 Å². The van der Waals surface area contributed by atoms with E-state index in [1.807, 2.05) is 0 Å². The normalized spacial score (nSPS) is 20.3. The van der Waals surface area contributed by atoms with Crippen molar-refractivity contribution in [2.24, 2.45) is 5.92 Å². The number of amides is 1. The number of β-amino-alcohol motifs (C(OH)–C–C–N with tert-alkyl or cyclic N) is 1. The zero-order valence-electron chi connectivity index (χ0n) is 11.4. The summed E-state index contributed by atoms with van der Waals surface area (Å²) in [5.74, 6) is 0.110. The first-order chi connectivity index (χ1) is 9.99. The van der Waals surface area contributed by atoms with E-state index in [1.165, 1.54) is 18.2 Å². The van der Waals surface area contributed by atoms with Crippen LogP contribution in [0.2, 0.25) is 0 Å². The van der Waals surface area contributed by atoms with E-state index in [9.17, 15) is 20.0 Å². The van der Waals surface area contributed by atoms with Crippen LogP contribution in [0.1, 0.15) is 18.4 Å². The van der Waals surface area contributed by atoms with E-state index in [0.29, 0.717) is 24.6 Å². The van der Waals surface area contributed by atoms with Crippen molar-refractivity contribution in [3.05, 3.63) is 46.0 Å². The fourth-order valence-corrected chi connectivity index (χ4v) is 2.71. The summed E-state index contributed by atoms with van der Waals surface area (Å²) in [5.41, 5.74) is -0.337. The maximum atomic E-state index is 12.0. The highest BCUT2D eigenvalue weighted by Gasteiger charge is 2.52. The predicted molar refractivity (Wildman–Crippen MR) is 76.4 cm³/mol. The van der Waals surface area contributed by atoms with Gasteiger partial charge in [-0.3, -0.25) is 14.9 Å². The number of para-hydroxylation sites is 1. The lowest BCUT2D eigenvalue weighted by Crippen LogP contribution is -2.64. The first-order valence-corrected chi connectivity index (χ1v) is 6.92. The van der Waals surface area contributed by atoms with Gasteiger partial charge in [0.2, 0.25) is 5.91 Å². The summed E-state index contributed by atoms with van der Waals surface area (Å²) in [4.78, 5) is 23.9. The van der Waals surface area contributed by atoms with Crippen LogP contribution in [-0.4, -0.2) is 39.5 Å². The van der Waals surface area contributed by atoms with E-state index in [2.05, 4.69) is 0 Å². The molecule has 1 amide bonds. The minimum atomic E-state index is -0.706. The van der Waals surface area contributed by atoms with Gasteiger partial charge in [0.05, 0.1) is 23.6 Å². The van der Waals surface area contributed by atoms with Crippen LogP contribution in [0, 0.1) is 16.0 Å². The number of likely N-dealkylation sites (tertiary alicyclic amines) is 1. The molecule has 1 aliphatic heterocycles. The number of benzene rings is 1. The van der Waals surface area contributed by atoms with Crippen LogP contribution in [0.25, 0.3) is 6.08 Å². The molecule has 2 fully saturated rings. The van der Waals surface area contributed by atoms with Gasteiger partial charge in [-0.25, -0.2) is 0 Å². The summed E-state index contributed by atoms with van der Waals surface area (Å²) in [5, 5.41) is 21.0. The second kappa shape index (κ2) is 4.96. The molecule has 1 saturated carbocycles. The number of nitro groups is 1. The minimum absolute atomic E-state index is 0.0281. The Morgan fingerprint density at radius 3 is 2.67 bits per heavy atom. The van der Waals surface area contributed by atoms with E-state index in [4.69, 9.17) is 0 Å². The van der Waals surface area contributed by atoms with Gasteiger partial charge in [-0.2, -0.15) is 0 Å². The standard InChI is InChI=1S/C15H16N2O4/c18-14(16-9-15(19,10-16)12-6-7-12)8-5-11-3-1-2-4-13(11)17(20)21/h1-5,8,12,19H,6-7,9-10H2. The SMILES string of the molecule is O=C(C=Cc1ccccc1[N+](=O)[O-])N1CC(O)(C2CC2)C1. The summed E-state index contributed by atoms with van der Waals surface area (Å²) < 4.78 is 0. The molecule has 6 nitrogen and oxygen atoms in total. The van der Waals surface area contributed by atoms with Crippen LogP contribution in [0.5, 0.6) is 0 Å². The molecule has 1 N–H and O–H groups in total. The lowest BCUT2D eigenvalue weighted by atomic mass is 9.88. The summed E-state index contributed by atoms with van der Waals surface area (Å²) in [6.45, 7) is 0.718. The molecule has 0 bridgehead atoms. The van der Waals surface area contributed by atoms with Crippen molar-refractivity contribution in [3.8, 4) is 0 Å². The summed E-state index contributed by atoms with van der Waals surface area (Å²) in [6.07, 6.45) is 4.85. The molecule has 1 aliphatic carbocycles. The Labute approximate surface area is 121 Å². The van der Waals surface area contributed by atoms with Gasteiger partial charge in [0.25, 0.3) is 5.69 Å². The second-order valence-electron chi connectivity index (χ2n) is 5.72. The molecular weight excluding hydrogens is 272 g/mol. The number of nitro benzene ring substituents is 1. The van der Waals surface area contributed by atoms with Gasteiger partial charge < -0.3 is 10.0 Å². The smallest absolute Gasteiger partial charge is 0.276 e. The van der Waals surface area contributed by atoms with Crippen molar-refractivity contribution in [2.75, 3.05) is 13.1 Å². The fourth-order valence-electron chi connectivity index (χ4n) is 2.71. The molecule has 110 valence electrons. The molecule has 0 aromatic heterocycles. The molecule has 0 unspecified atom stereocenters. The van der Waals surface area contributed by atoms with Gasteiger partial charge >= 0.3 is 0 Å². The second-order valence-corrected chi connectivity index (χ2v) is 5.72. The average Bonchev–Trinajstić information content (AvgIpc) is 3.26. The lowest BCUT2D eigenvalue weighted by molar-refractivity contribution is -0.385. The minimum Gasteiger partial charge on any atom is -0.386 e. The van der Waals surface area contributed by atoms with Crippen molar-refractivity contribution >= 4 is 17.7 Å². The number of hydrogen-bond acceptors (Lipinski definition) is 4. The number of rotatable bonds is 4. The average molecular weight is 288 g/mol. The molecular formula is C15H16N2O4. The Morgan fingerprint density at radius 2 is 2.05 bits per heavy atom. The number of aliphatic hydroxyl groups is 1. The number of carbonyl (C=O) groups excluding carboxylic acids is 1. The van der Waals surface area contributed by atoms with E-state index < -0.39 is 10.5 Å². The van der Waals surface area contributed by atoms with Crippen LogP contribution in [-0.2, 0) is 4.79 Å². The maximum Gasteiger partial charge on any atom is 0.276 e. The molecule has 0 spiro atoms. The van der Waals surface area contributed by atoms with Crippen LogP contribution in [0.15, 0.2) is 30.3 Å². The largest absolute Gasteiger partial charge is 0.386 e. The molecule has 3 rings (SSSR count). The number of hydrogen-bond donors (Lipinski definition) is 1. The highest BCUT2D eigenvalue weighted by Crippen LogP contribution is 2.44. The third kappa shape index (κ3) is 2.67. The molecule has 6 heteroatoms. The van der Waals surface area contributed by atoms with Gasteiger partial charge in [0, 0.05) is 12.1 Å². The Hall–Kier alpha value is -2.21. The first-order valence-electron chi connectivity index (χ1n) is 6.92. The molecule has 1 aromatic carbocycles. The Bertz CT molecular complexity index is 616. The molecule has 0 radical (unpaired) electrons. The Balaban J connectivity index is 1.64. The van der Waals surface area contributed by atoms with Crippen LogP contribution in [0.4, 0.5) is 5.69 Å². The molecule has 1 aromatic rings. The highest BCUT2D eigenvalue weighted by molar-refractivity contribution is 5.93. The quantitative estimate of drug-likeness (QED) is 0.518. The molecule has 1 heterocycles. The highest BCUT2D eigenvalue weighted by atomic mass is 16.6.